The minimum absolute atomic E-state index is 0.273. The number of carbonyl (C=O) groups excluding carboxylic acids is 1. The molecule has 0 radical (unpaired) electrons. The highest BCUT2D eigenvalue weighted by molar-refractivity contribution is 5.91. The number of benzene rings is 3. The van der Waals surface area contributed by atoms with Crippen LogP contribution in [0, 0.1) is 0 Å². The Hall–Kier alpha value is -3.40. The standard InChI is InChI=1S/C23H21NO3/c1-27-23(26)21-7-3-6-20(15-21)19-5-2-4-18(14-19)16-24-13-12-17-8-10-22(25)11-9-17/h2-11,14-16,25H,12-13H2,1H3/b24-16+. The molecular formula is C23H21NO3. The number of hydrogen-bond donors (Lipinski definition) is 1. The van der Waals surface area contributed by atoms with Gasteiger partial charge in [0, 0.05) is 12.8 Å². The molecule has 27 heavy (non-hydrogen) atoms. The van der Waals surface area contributed by atoms with Crippen LogP contribution in [0.25, 0.3) is 11.1 Å². The van der Waals surface area contributed by atoms with Gasteiger partial charge < -0.3 is 9.84 Å². The number of methoxy groups -OCH3 is 1. The predicted octanol–water partition coefficient (Wildman–Crippen LogP) is 4.51. The van der Waals surface area contributed by atoms with E-state index in [4.69, 9.17) is 4.74 Å². The van der Waals surface area contributed by atoms with E-state index in [1.807, 2.05) is 60.8 Å². The highest BCUT2D eigenvalue weighted by atomic mass is 16.5. The van der Waals surface area contributed by atoms with Crippen LogP contribution in [-0.4, -0.2) is 30.9 Å². The van der Waals surface area contributed by atoms with Gasteiger partial charge in [-0.1, -0.05) is 42.5 Å². The molecular weight excluding hydrogens is 338 g/mol. The third kappa shape index (κ3) is 5.05. The average molecular weight is 359 g/mol. The fourth-order valence-corrected chi connectivity index (χ4v) is 2.77. The third-order valence-electron chi connectivity index (χ3n) is 4.21. The van der Waals surface area contributed by atoms with Crippen molar-refractivity contribution < 1.29 is 14.6 Å². The fraction of sp³-hybridized carbons (Fsp3) is 0.130. The molecule has 0 aliphatic rings. The Kier molecular flexibility index (Phi) is 6.00. The summed E-state index contributed by atoms with van der Waals surface area (Å²) >= 11 is 0. The quantitative estimate of drug-likeness (QED) is 0.520. The molecule has 3 aromatic rings. The summed E-state index contributed by atoms with van der Waals surface area (Å²) in [5, 5.41) is 9.30. The second kappa shape index (κ2) is 8.81. The normalized spacial score (nSPS) is 10.9. The first-order valence-electron chi connectivity index (χ1n) is 8.72. The molecule has 3 aromatic carbocycles. The van der Waals surface area contributed by atoms with E-state index in [1.165, 1.54) is 7.11 Å². The van der Waals surface area contributed by atoms with Crippen LogP contribution in [0.4, 0.5) is 0 Å². The lowest BCUT2D eigenvalue weighted by Crippen LogP contribution is -2.00. The van der Waals surface area contributed by atoms with Crippen molar-refractivity contribution in [3.8, 4) is 16.9 Å². The number of rotatable bonds is 6. The van der Waals surface area contributed by atoms with Crippen LogP contribution < -0.4 is 0 Å². The molecule has 0 bridgehead atoms. The molecule has 4 heteroatoms. The van der Waals surface area contributed by atoms with Crippen LogP contribution >= 0.6 is 0 Å². The van der Waals surface area contributed by atoms with E-state index in [0.717, 1.165) is 28.7 Å². The summed E-state index contributed by atoms with van der Waals surface area (Å²) in [5.41, 5.74) is 4.64. The maximum Gasteiger partial charge on any atom is 0.337 e. The number of aromatic hydroxyl groups is 1. The molecule has 0 amide bonds. The fourth-order valence-electron chi connectivity index (χ4n) is 2.77. The number of aliphatic imine (C=N–C) groups is 1. The molecule has 136 valence electrons. The summed E-state index contributed by atoms with van der Waals surface area (Å²) in [6, 6.07) is 22.6. The average Bonchev–Trinajstić information content (AvgIpc) is 2.72. The van der Waals surface area contributed by atoms with Crippen molar-refractivity contribution >= 4 is 12.2 Å². The maximum atomic E-state index is 11.7. The van der Waals surface area contributed by atoms with Crippen LogP contribution in [0.3, 0.4) is 0 Å². The van der Waals surface area contributed by atoms with E-state index in [1.54, 1.807) is 18.2 Å². The van der Waals surface area contributed by atoms with Crippen molar-refractivity contribution in [2.75, 3.05) is 13.7 Å². The van der Waals surface area contributed by atoms with E-state index < -0.39 is 0 Å². The number of esters is 1. The van der Waals surface area contributed by atoms with E-state index in [-0.39, 0.29) is 11.7 Å². The predicted molar refractivity (Wildman–Crippen MR) is 107 cm³/mol. The monoisotopic (exact) mass is 359 g/mol. The van der Waals surface area contributed by atoms with E-state index in [2.05, 4.69) is 4.99 Å². The number of carbonyl (C=O) groups is 1. The van der Waals surface area contributed by atoms with Gasteiger partial charge in [0.25, 0.3) is 0 Å². The molecule has 0 aliphatic carbocycles. The number of nitrogens with zero attached hydrogens (tertiary/aromatic N) is 1. The molecule has 0 heterocycles. The molecule has 4 nitrogen and oxygen atoms in total. The van der Waals surface area contributed by atoms with Crippen LogP contribution in [-0.2, 0) is 11.2 Å². The summed E-state index contributed by atoms with van der Waals surface area (Å²) in [4.78, 5) is 16.2. The highest BCUT2D eigenvalue weighted by Gasteiger charge is 2.06. The van der Waals surface area contributed by atoms with Gasteiger partial charge in [0.15, 0.2) is 0 Å². The van der Waals surface area contributed by atoms with Gasteiger partial charge in [-0.25, -0.2) is 4.79 Å². The maximum absolute atomic E-state index is 11.7. The van der Waals surface area contributed by atoms with Gasteiger partial charge in [-0.05, 0) is 59.0 Å². The Balaban J connectivity index is 1.68. The highest BCUT2D eigenvalue weighted by Crippen LogP contribution is 2.21. The Bertz CT molecular complexity index is 946. The Morgan fingerprint density at radius 1 is 1.00 bits per heavy atom. The van der Waals surface area contributed by atoms with Gasteiger partial charge in [0.1, 0.15) is 5.75 Å². The van der Waals surface area contributed by atoms with Crippen LogP contribution in [0.5, 0.6) is 5.75 Å². The van der Waals surface area contributed by atoms with E-state index in [0.29, 0.717) is 12.1 Å². The number of ether oxygens (including phenoxy) is 1. The summed E-state index contributed by atoms with van der Waals surface area (Å²) in [7, 11) is 1.38. The molecule has 1 N–H and O–H groups in total. The van der Waals surface area contributed by atoms with Gasteiger partial charge in [-0.2, -0.15) is 0 Å². The number of phenolic OH excluding ortho intramolecular Hbond substituents is 1. The first-order chi connectivity index (χ1) is 13.2. The Morgan fingerprint density at radius 2 is 1.70 bits per heavy atom. The van der Waals surface area contributed by atoms with Crippen molar-refractivity contribution in [2.24, 2.45) is 4.99 Å². The zero-order valence-corrected chi connectivity index (χ0v) is 15.1. The topological polar surface area (TPSA) is 58.9 Å². The SMILES string of the molecule is COC(=O)c1cccc(-c2cccc(/C=N/CCc3ccc(O)cc3)c2)c1. The van der Waals surface area contributed by atoms with Gasteiger partial charge in [0.05, 0.1) is 12.7 Å². The first kappa shape index (κ1) is 18.4. The molecule has 0 aromatic heterocycles. The zero-order valence-electron chi connectivity index (χ0n) is 15.1. The van der Waals surface area contributed by atoms with Gasteiger partial charge in [-0.3, -0.25) is 4.99 Å². The molecule has 3 rings (SSSR count). The van der Waals surface area contributed by atoms with Crippen molar-refractivity contribution in [3.05, 3.63) is 89.5 Å². The van der Waals surface area contributed by atoms with E-state index >= 15 is 0 Å². The number of hydrogen-bond acceptors (Lipinski definition) is 4. The molecule has 0 saturated carbocycles. The minimum atomic E-state index is -0.344. The largest absolute Gasteiger partial charge is 0.508 e. The lowest BCUT2D eigenvalue weighted by molar-refractivity contribution is 0.0601. The summed E-state index contributed by atoms with van der Waals surface area (Å²) < 4.78 is 4.79. The Morgan fingerprint density at radius 3 is 2.44 bits per heavy atom. The minimum Gasteiger partial charge on any atom is -0.508 e. The lowest BCUT2D eigenvalue weighted by atomic mass is 10.0. The summed E-state index contributed by atoms with van der Waals surface area (Å²) in [6.45, 7) is 0.673. The van der Waals surface area contributed by atoms with Gasteiger partial charge >= 0.3 is 5.97 Å². The van der Waals surface area contributed by atoms with Crippen LogP contribution in [0.15, 0.2) is 77.8 Å². The Labute approximate surface area is 158 Å². The van der Waals surface area contributed by atoms with Crippen LogP contribution in [0.2, 0.25) is 0 Å². The number of phenols is 1. The molecule has 0 atom stereocenters. The third-order valence-corrected chi connectivity index (χ3v) is 4.21. The second-order valence-electron chi connectivity index (χ2n) is 6.15. The van der Waals surface area contributed by atoms with Gasteiger partial charge in [-0.15, -0.1) is 0 Å². The second-order valence-corrected chi connectivity index (χ2v) is 6.15. The molecule has 0 fully saturated rings. The molecule has 0 spiro atoms. The summed E-state index contributed by atoms with van der Waals surface area (Å²) in [5.74, 6) is -0.0702. The van der Waals surface area contributed by atoms with Crippen molar-refractivity contribution in [3.63, 3.8) is 0 Å². The smallest absolute Gasteiger partial charge is 0.337 e. The molecule has 0 unspecified atom stereocenters. The van der Waals surface area contributed by atoms with Crippen molar-refractivity contribution in [1.82, 2.24) is 0 Å². The molecule has 0 saturated heterocycles. The summed E-state index contributed by atoms with van der Waals surface area (Å²) in [6.07, 6.45) is 2.67. The van der Waals surface area contributed by atoms with E-state index in [9.17, 15) is 9.90 Å². The zero-order chi connectivity index (χ0) is 19.1. The van der Waals surface area contributed by atoms with Crippen molar-refractivity contribution in [2.45, 2.75) is 6.42 Å². The van der Waals surface area contributed by atoms with Gasteiger partial charge in [0.2, 0.25) is 0 Å². The molecule has 0 aliphatic heterocycles. The first-order valence-corrected chi connectivity index (χ1v) is 8.72. The lowest BCUT2D eigenvalue weighted by Gasteiger charge is -2.05. The van der Waals surface area contributed by atoms with Crippen molar-refractivity contribution in [1.29, 1.82) is 0 Å². The van der Waals surface area contributed by atoms with Crippen LogP contribution in [0.1, 0.15) is 21.5 Å².